The van der Waals surface area contributed by atoms with Crippen LogP contribution in [0.15, 0.2) is 78.9 Å². The van der Waals surface area contributed by atoms with Gasteiger partial charge in [-0.15, -0.1) is 0 Å². The van der Waals surface area contributed by atoms with E-state index < -0.39 is 6.04 Å². The second-order valence-electron chi connectivity index (χ2n) is 8.62. The summed E-state index contributed by atoms with van der Waals surface area (Å²) in [6.07, 6.45) is 1.15. The van der Waals surface area contributed by atoms with E-state index in [2.05, 4.69) is 5.32 Å². The van der Waals surface area contributed by atoms with Crippen LogP contribution in [0.3, 0.4) is 0 Å². The number of halogens is 1. The second-order valence-corrected chi connectivity index (χ2v) is 9.02. The number of hydrogen-bond donors (Lipinski definition) is 1. The van der Waals surface area contributed by atoms with E-state index in [-0.39, 0.29) is 31.0 Å². The molecule has 2 amide bonds. The summed E-state index contributed by atoms with van der Waals surface area (Å²) in [6, 6.07) is 23.4. The van der Waals surface area contributed by atoms with Gasteiger partial charge in [0, 0.05) is 19.0 Å². The molecule has 0 saturated carbocycles. The van der Waals surface area contributed by atoms with E-state index in [1.165, 1.54) is 0 Å². The van der Waals surface area contributed by atoms with Gasteiger partial charge in [0.2, 0.25) is 5.91 Å². The standard InChI is InChI=1S/C29H33ClN2O4/c1-4-21(2)31-29(34)26(18-22-11-6-5-7-12-22)32(19-23-13-10-14-24(17-23)35-3)28(33)20-36-27-16-9-8-15-25(27)30/h5-17,21,26H,4,18-20H2,1-3H3,(H,31,34)/t21-,26-/m0/s1. The number of para-hydroxylation sites is 1. The Morgan fingerprint density at radius 3 is 2.36 bits per heavy atom. The molecule has 2 atom stereocenters. The minimum Gasteiger partial charge on any atom is -0.497 e. The van der Waals surface area contributed by atoms with Crippen LogP contribution < -0.4 is 14.8 Å². The number of nitrogens with zero attached hydrogens (tertiary/aromatic N) is 1. The van der Waals surface area contributed by atoms with Crippen molar-refractivity contribution in [3.63, 3.8) is 0 Å². The summed E-state index contributed by atoms with van der Waals surface area (Å²) in [5, 5.41) is 3.47. The normalized spacial score (nSPS) is 12.3. The number of methoxy groups -OCH3 is 1. The predicted molar refractivity (Wildman–Crippen MR) is 142 cm³/mol. The summed E-state index contributed by atoms with van der Waals surface area (Å²) < 4.78 is 11.1. The van der Waals surface area contributed by atoms with Crippen LogP contribution in [0.4, 0.5) is 0 Å². The molecule has 6 nitrogen and oxygen atoms in total. The third-order valence-electron chi connectivity index (χ3n) is 5.95. The van der Waals surface area contributed by atoms with Gasteiger partial charge in [-0.3, -0.25) is 9.59 Å². The first-order valence-corrected chi connectivity index (χ1v) is 12.4. The van der Waals surface area contributed by atoms with Crippen molar-refractivity contribution in [2.24, 2.45) is 0 Å². The Morgan fingerprint density at radius 1 is 0.972 bits per heavy atom. The Hall–Kier alpha value is -3.51. The molecule has 0 unspecified atom stereocenters. The highest BCUT2D eigenvalue weighted by molar-refractivity contribution is 6.32. The highest BCUT2D eigenvalue weighted by Crippen LogP contribution is 2.24. The molecular formula is C29H33ClN2O4. The molecule has 3 aromatic carbocycles. The molecule has 0 spiro atoms. The lowest BCUT2D eigenvalue weighted by Gasteiger charge is -2.32. The van der Waals surface area contributed by atoms with Crippen LogP contribution in [0.1, 0.15) is 31.4 Å². The largest absolute Gasteiger partial charge is 0.497 e. The maximum absolute atomic E-state index is 13.6. The van der Waals surface area contributed by atoms with Crippen LogP contribution in [0.5, 0.6) is 11.5 Å². The molecule has 1 N–H and O–H groups in total. The number of benzene rings is 3. The molecule has 0 aliphatic carbocycles. The Balaban J connectivity index is 1.94. The molecule has 0 heterocycles. The summed E-state index contributed by atoms with van der Waals surface area (Å²) in [7, 11) is 1.59. The van der Waals surface area contributed by atoms with Crippen LogP contribution in [-0.4, -0.2) is 42.5 Å². The molecule has 0 radical (unpaired) electrons. The smallest absolute Gasteiger partial charge is 0.261 e. The van der Waals surface area contributed by atoms with Crippen molar-refractivity contribution >= 4 is 23.4 Å². The molecule has 0 bridgehead atoms. The summed E-state index contributed by atoms with van der Waals surface area (Å²) in [6.45, 7) is 3.92. The monoisotopic (exact) mass is 508 g/mol. The van der Waals surface area contributed by atoms with Crippen molar-refractivity contribution in [1.82, 2.24) is 10.2 Å². The molecule has 3 aromatic rings. The molecule has 3 rings (SSSR count). The number of amides is 2. The van der Waals surface area contributed by atoms with E-state index in [1.807, 2.05) is 68.4 Å². The maximum Gasteiger partial charge on any atom is 0.261 e. The molecule has 0 aromatic heterocycles. The van der Waals surface area contributed by atoms with Gasteiger partial charge in [-0.25, -0.2) is 0 Å². The quantitative estimate of drug-likeness (QED) is 0.361. The first-order valence-electron chi connectivity index (χ1n) is 12.0. The van der Waals surface area contributed by atoms with Crippen molar-refractivity contribution in [1.29, 1.82) is 0 Å². The SMILES string of the molecule is CC[C@H](C)NC(=O)[C@H](Cc1ccccc1)N(Cc1cccc(OC)c1)C(=O)COc1ccccc1Cl. The van der Waals surface area contributed by atoms with Gasteiger partial charge in [0.05, 0.1) is 12.1 Å². The third-order valence-corrected chi connectivity index (χ3v) is 6.26. The van der Waals surface area contributed by atoms with Crippen LogP contribution in [0, 0.1) is 0 Å². The fraction of sp³-hybridized carbons (Fsp3) is 0.310. The molecule has 190 valence electrons. The van der Waals surface area contributed by atoms with Gasteiger partial charge in [-0.2, -0.15) is 0 Å². The molecule has 0 aliphatic rings. The molecule has 0 fully saturated rings. The molecule has 7 heteroatoms. The second kappa shape index (κ2) is 13.5. The van der Waals surface area contributed by atoms with Gasteiger partial charge >= 0.3 is 0 Å². The van der Waals surface area contributed by atoms with Gasteiger partial charge in [0.25, 0.3) is 5.91 Å². The fourth-order valence-electron chi connectivity index (χ4n) is 3.75. The zero-order valence-corrected chi connectivity index (χ0v) is 21.7. The van der Waals surface area contributed by atoms with Gasteiger partial charge < -0.3 is 19.7 Å². The fourth-order valence-corrected chi connectivity index (χ4v) is 3.94. The topological polar surface area (TPSA) is 67.9 Å². The molecule has 36 heavy (non-hydrogen) atoms. The zero-order chi connectivity index (χ0) is 25.9. The number of nitrogens with one attached hydrogen (secondary N) is 1. The summed E-state index contributed by atoms with van der Waals surface area (Å²) in [5.74, 6) is 0.563. The van der Waals surface area contributed by atoms with Gasteiger partial charge in [0.15, 0.2) is 6.61 Å². The first-order chi connectivity index (χ1) is 17.4. The summed E-state index contributed by atoms with van der Waals surface area (Å²) in [4.78, 5) is 28.7. The minimum atomic E-state index is -0.741. The van der Waals surface area contributed by atoms with Crippen molar-refractivity contribution in [2.45, 2.75) is 45.3 Å². The molecule has 0 aliphatic heterocycles. The number of rotatable bonds is 12. The predicted octanol–water partition coefficient (Wildman–Crippen LogP) is 5.28. The zero-order valence-electron chi connectivity index (χ0n) is 20.9. The van der Waals surface area contributed by atoms with Gasteiger partial charge in [-0.05, 0) is 48.7 Å². The van der Waals surface area contributed by atoms with E-state index >= 15 is 0 Å². The summed E-state index contributed by atoms with van der Waals surface area (Å²) >= 11 is 6.22. The first kappa shape index (κ1) is 27.1. The van der Waals surface area contributed by atoms with Crippen LogP contribution >= 0.6 is 11.6 Å². The highest BCUT2D eigenvalue weighted by Gasteiger charge is 2.31. The molecule has 0 saturated heterocycles. The highest BCUT2D eigenvalue weighted by atomic mass is 35.5. The number of ether oxygens (including phenoxy) is 2. The van der Waals surface area contributed by atoms with Crippen molar-refractivity contribution in [3.05, 3.63) is 95.0 Å². The lowest BCUT2D eigenvalue weighted by Crippen LogP contribution is -2.53. The Kier molecular flexibility index (Phi) is 10.2. The lowest BCUT2D eigenvalue weighted by atomic mass is 10.0. The van der Waals surface area contributed by atoms with Crippen LogP contribution in [0.25, 0.3) is 0 Å². The van der Waals surface area contributed by atoms with Crippen molar-refractivity contribution in [3.8, 4) is 11.5 Å². The molecular weight excluding hydrogens is 476 g/mol. The van der Waals surface area contributed by atoms with E-state index in [4.69, 9.17) is 21.1 Å². The van der Waals surface area contributed by atoms with Crippen molar-refractivity contribution in [2.75, 3.05) is 13.7 Å². The Bertz CT molecular complexity index is 1140. The van der Waals surface area contributed by atoms with Gasteiger partial charge in [-0.1, -0.05) is 73.1 Å². The number of hydrogen-bond acceptors (Lipinski definition) is 4. The van der Waals surface area contributed by atoms with E-state index in [0.717, 1.165) is 17.5 Å². The average molecular weight is 509 g/mol. The van der Waals surface area contributed by atoms with E-state index in [1.54, 1.807) is 36.3 Å². The van der Waals surface area contributed by atoms with E-state index in [0.29, 0.717) is 22.9 Å². The maximum atomic E-state index is 13.6. The minimum absolute atomic E-state index is 0.0241. The van der Waals surface area contributed by atoms with Crippen LogP contribution in [-0.2, 0) is 22.6 Å². The summed E-state index contributed by atoms with van der Waals surface area (Å²) in [5.41, 5.74) is 1.80. The Morgan fingerprint density at radius 2 is 1.67 bits per heavy atom. The van der Waals surface area contributed by atoms with E-state index in [9.17, 15) is 9.59 Å². The Labute approximate surface area is 218 Å². The van der Waals surface area contributed by atoms with Crippen LogP contribution in [0.2, 0.25) is 5.02 Å². The lowest BCUT2D eigenvalue weighted by molar-refractivity contribution is -0.143. The number of carbonyl (C=O) groups is 2. The van der Waals surface area contributed by atoms with Gasteiger partial charge in [0.1, 0.15) is 17.5 Å². The number of carbonyl (C=O) groups excluding carboxylic acids is 2. The average Bonchev–Trinajstić information content (AvgIpc) is 2.90. The van der Waals surface area contributed by atoms with Crippen molar-refractivity contribution < 1.29 is 19.1 Å². The third kappa shape index (κ3) is 7.75.